The van der Waals surface area contributed by atoms with Crippen molar-refractivity contribution >= 4 is 5.91 Å². The summed E-state index contributed by atoms with van der Waals surface area (Å²) in [5.74, 6) is 2.41. The monoisotopic (exact) mass is 351 g/mol. The highest BCUT2D eigenvalue weighted by molar-refractivity contribution is 5.77. The number of hydrogen-bond donors (Lipinski definition) is 1. The third-order valence-electron chi connectivity index (χ3n) is 5.40. The third-order valence-corrected chi connectivity index (χ3v) is 5.40. The second-order valence-electron chi connectivity index (χ2n) is 7.13. The fourth-order valence-corrected chi connectivity index (χ4v) is 3.75. The van der Waals surface area contributed by atoms with Crippen molar-refractivity contribution in [1.29, 1.82) is 0 Å². The van der Waals surface area contributed by atoms with Gasteiger partial charge in [-0.2, -0.15) is 0 Å². The first-order chi connectivity index (χ1) is 12.1. The number of piperidine rings is 2. The van der Waals surface area contributed by atoms with Crippen molar-refractivity contribution in [3.63, 3.8) is 0 Å². The molecule has 3 rings (SSSR count). The van der Waals surface area contributed by atoms with Crippen LogP contribution in [0.4, 0.5) is 0 Å². The molecule has 0 unspecified atom stereocenters. The number of methoxy groups -OCH3 is 1. The van der Waals surface area contributed by atoms with Gasteiger partial charge in [-0.25, -0.2) is 0 Å². The summed E-state index contributed by atoms with van der Waals surface area (Å²) in [6, 6.07) is 0. The molecule has 2 aliphatic heterocycles. The molecule has 1 aromatic heterocycles. The molecule has 0 aromatic carbocycles. The van der Waals surface area contributed by atoms with Crippen LogP contribution in [0.2, 0.25) is 0 Å². The molecule has 8 nitrogen and oxygen atoms in total. The van der Waals surface area contributed by atoms with E-state index >= 15 is 0 Å². The minimum Gasteiger partial charge on any atom is -0.393 e. The van der Waals surface area contributed by atoms with Crippen LogP contribution < -0.4 is 0 Å². The Bertz CT molecular complexity index is 575. The molecule has 0 aliphatic carbocycles. The van der Waals surface area contributed by atoms with Crippen LogP contribution in [0, 0.1) is 0 Å². The summed E-state index contributed by atoms with van der Waals surface area (Å²) in [6.45, 7) is 4.25. The molecular weight excluding hydrogens is 322 g/mol. The quantitative estimate of drug-likeness (QED) is 0.811. The van der Waals surface area contributed by atoms with E-state index in [1.165, 1.54) is 0 Å². The maximum Gasteiger partial charge on any atom is 0.248 e. The Kier molecular flexibility index (Phi) is 6.03. The lowest BCUT2D eigenvalue weighted by molar-refractivity contribution is -0.136. The zero-order valence-corrected chi connectivity index (χ0v) is 15.2. The zero-order valence-electron chi connectivity index (χ0n) is 15.2. The van der Waals surface area contributed by atoms with Crippen molar-refractivity contribution in [2.24, 2.45) is 7.05 Å². The van der Waals surface area contributed by atoms with Gasteiger partial charge in [0.05, 0.1) is 12.6 Å². The number of ether oxygens (including phenoxy) is 1. The van der Waals surface area contributed by atoms with Gasteiger partial charge in [0, 0.05) is 46.3 Å². The fraction of sp³-hybridized carbons (Fsp3) is 0.824. The van der Waals surface area contributed by atoms with Gasteiger partial charge in [-0.3, -0.25) is 9.69 Å². The predicted octanol–water partition coefficient (Wildman–Crippen LogP) is 0.124. The minimum absolute atomic E-state index is 0.0619. The average molecular weight is 351 g/mol. The smallest absolute Gasteiger partial charge is 0.248 e. The molecule has 2 fully saturated rings. The molecule has 25 heavy (non-hydrogen) atoms. The van der Waals surface area contributed by atoms with Gasteiger partial charge in [-0.05, 0) is 25.7 Å². The van der Waals surface area contributed by atoms with Gasteiger partial charge in [0.15, 0.2) is 0 Å². The Morgan fingerprint density at radius 3 is 2.48 bits per heavy atom. The van der Waals surface area contributed by atoms with Gasteiger partial charge in [0.2, 0.25) is 5.91 Å². The number of amides is 1. The number of nitrogens with zero attached hydrogens (tertiary/aromatic N) is 5. The maximum absolute atomic E-state index is 11.9. The Balaban J connectivity index is 1.56. The molecule has 0 bridgehead atoms. The van der Waals surface area contributed by atoms with Crippen molar-refractivity contribution in [3.05, 3.63) is 11.6 Å². The van der Waals surface area contributed by atoms with Crippen LogP contribution >= 0.6 is 0 Å². The highest BCUT2D eigenvalue weighted by Crippen LogP contribution is 2.27. The molecule has 8 heteroatoms. The normalized spacial score (nSPS) is 21.0. The van der Waals surface area contributed by atoms with Crippen LogP contribution in [-0.2, 0) is 23.1 Å². The fourth-order valence-electron chi connectivity index (χ4n) is 3.75. The number of hydrogen-bond acceptors (Lipinski definition) is 6. The van der Waals surface area contributed by atoms with Crippen LogP contribution in [0.25, 0.3) is 0 Å². The van der Waals surface area contributed by atoms with Gasteiger partial charge in [-0.15, -0.1) is 10.2 Å². The minimum atomic E-state index is -0.155. The largest absolute Gasteiger partial charge is 0.393 e. The first kappa shape index (κ1) is 18.3. The van der Waals surface area contributed by atoms with Gasteiger partial charge in [-0.1, -0.05) is 0 Å². The maximum atomic E-state index is 11.9. The van der Waals surface area contributed by atoms with Gasteiger partial charge >= 0.3 is 0 Å². The van der Waals surface area contributed by atoms with Crippen LogP contribution in [0.3, 0.4) is 0 Å². The molecule has 2 saturated heterocycles. The molecule has 140 valence electrons. The summed E-state index contributed by atoms with van der Waals surface area (Å²) < 4.78 is 7.05. The number of aliphatic hydroxyl groups excluding tert-OH is 1. The van der Waals surface area contributed by atoms with Crippen molar-refractivity contribution < 1.29 is 14.6 Å². The molecular formula is C17H29N5O3. The van der Waals surface area contributed by atoms with E-state index in [1.54, 1.807) is 7.11 Å². The summed E-state index contributed by atoms with van der Waals surface area (Å²) in [5, 5.41) is 18.5. The number of aromatic nitrogens is 3. The predicted molar refractivity (Wildman–Crippen MR) is 92.0 cm³/mol. The van der Waals surface area contributed by atoms with E-state index in [2.05, 4.69) is 19.7 Å². The number of carbonyl (C=O) groups excluding carboxylic acids is 1. The van der Waals surface area contributed by atoms with Crippen molar-refractivity contribution in [1.82, 2.24) is 24.6 Å². The Labute approximate surface area is 148 Å². The molecule has 0 radical (unpaired) electrons. The average Bonchev–Trinajstić information content (AvgIpc) is 2.98. The Morgan fingerprint density at radius 2 is 1.84 bits per heavy atom. The van der Waals surface area contributed by atoms with E-state index in [4.69, 9.17) is 4.74 Å². The van der Waals surface area contributed by atoms with Crippen molar-refractivity contribution in [3.8, 4) is 0 Å². The van der Waals surface area contributed by atoms with Crippen LogP contribution in [0.1, 0.15) is 43.3 Å². The van der Waals surface area contributed by atoms with Crippen LogP contribution in [-0.4, -0.2) is 81.6 Å². The Morgan fingerprint density at radius 1 is 1.16 bits per heavy atom. The van der Waals surface area contributed by atoms with E-state index in [-0.39, 0.29) is 18.6 Å². The second kappa shape index (κ2) is 8.25. The lowest BCUT2D eigenvalue weighted by Gasteiger charge is -2.31. The second-order valence-corrected chi connectivity index (χ2v) is 7.13. The number of aliphatic hydroxyl groups is 1. The summed E-state index contributed by atoms with van der Waals surface area (Å²) in [5.41, 5.74) is 0. The lowest BCUT2D eigenvalue weighted by atomic mass is 9.96. The first-order valence-corrected chi connectivity index (χ1v) is 9.13. The molecule has 0 saturated carbocycles. The number of carbonyl (C=O) groups is 1. The van der Waals surface area contributed by atoms with Crippen LogP contribution in [0.5, 0.6) is 0 Å². The molecule has 0 atom stereocenters. The molecule has 1 N–H and O–H groups in total. The molecule has 3 heterocycles. The van der Waals surface area contributed by atoms with Gasteiger partial charge in [0.25, 0.3) is 0 Å². The van der Waals surface area contributed by atoms with E-state index in [9.17, 15) is 9.90 Å². The van der Waals surface area contributed by atoms with E-state index in [0.29, 0.717) is 5.92 Å². The van der Waals surface area contributed by atoms with Crippen molar-refractivity contribution in [2.45, 2.75) is 44.2 Å². The summed E-state index contributed by atoms with van der Waals surface area (Å²) in [6.07, 6.45) is 3.34. The van der Waals surface area contributed by atoms with E-state index in [0.717, 1.165) is 70.1 Å². The van der Waals surface area contributed by atoms with Crippen molar-refractivity contribution in [2.75, 3.05) is 39.9 Å². The first-order valence-electron chi connectivity index (χ1n) is 9.13. The molecule has 2 aliphatic rings. The summed E-state index contributed by atoms with van der Waals surface area (Å²) in [7, 11) is 3.58. The van der Waals surface area contributed by atoms with Gasteiger partial charge in [0.1, 0.15) is 18.3 Å². The highest BCUT2D eigenvalue weighted by atomic mass is 16.5. The Hall–Kier alpha value is -1.51. The molecule has 1 aromatic rings. The van der Waals surface area contributed by atoms with E-state index < -0.39 is 0 Å². The molecule has 0 spiro atoms. The lowest BCUT2D eigenvalue weighted by Crippen LogP contribution is -2.40. The SMILES string of the molecule is COCC(=O)N1CCC(c2nnc(CN3CCC(O)CC3)n2C)CC1. The summed E-state index contributed by atoms with van der Waals surface area (Å²) in [4.78, 5) is 16.1. The highest BCUT2D eigenvalue weighted by Gasteiger charge is 2.28. The third kappa shape index (κ3) is 4.37. The van der Waals surface area contributed by atoms with Gasteiger partial charge < -0.3 is 19.3 Å². The van der Waals surface area contributed by atoms with Crippen LogP contribution in [0.15, 0.2) is 0 Å². The summed E-state index contributed by atoms with van der Waals surface area (Å²) >= 11 is 0. The standard InChI is InChI=1S/C17H29N5O3/c1-20-15(11-21-7-5-14(23)6-8-21)18-19-17(20)13-3-9-22(10-4-13)16(24)12-25-2/h13-14,23H,3-12H2,1-2H3. The zero-order chi connectivity index (χ0) is 17.8. The number of rotatable bonds is 5. The number of likely N-dealkylation sites (tertiary alicyclic amines) is 2. The molecule has 1 amide bonds. The topological polar surface area (TPSA) is 83.7 Å². The van der Waals surface area contributed by atoms with E-state index in [1.807, 2.05) is 11.9 Å².